The van der Waals surface area contributed by atoms with Crippen LogP contribution < -0.4 is 5.32 Å². The number of carbonyl (C=O) groups is 2. The van der Waals surface area contributed by atoms with Gasteiger partial charge in [-0.2, -0.15) is 0 Å². The molecule has 0 bridgehead atoms. The van der Waals surface area contributed by atoms with Gasteiger partial charge in [0.05, 0.1) is 62.9 Å². The number of aromatic nitrogens is 6. The van der Waals surface area contributed by atoms with E-state index in [0.717, 1.165) is 27.1 Å². The summed E-state index contributed by atoms with van der Waals surface area (Å²) in [4.78, 5) is 34.8. The number of carbonyl (C=O) groups excluding carboxylic acids is 2. The second-order valence-corrected chi connectivity index (χ2v) is 14.2. The molecule has 260 valence electrons. The van der Waals surface area contributed by atoms with Crippen molar-refractivity contribution in [2.24, 2.45) is 5.92 Å². The lowest BCUT2D eigenvalue weighted by atomic mass is 9.91. The van der Waals surface area contributed by atoms with Crippen LogP contribution in [0.2, 0.25) is 0 Å². The van der Waals surface area contributed by atoms with Gasteiger partial charge in [-0.15, -0.1) is 26.6 Å². The zero-order valence-electron chi connectivity index (χ0n) is 28.6. The van der Waals surface area contributed by atoms with E-state index in [1.165, 1.54) is 4.90 Å². The van der Waals surface area contributed by atoms with E-state index in [1.807, 2.05) is 87.8 Å². The van der Waals surface area contributed by atoms with E-state index >= 15 is 0 Å². The van der Waals surface area contributed by atoms with Crippen molar-refractivity contribution in [3.8, 4) is 33.1 Å². The monoisotopic (exact) mass is 702 g/mol. The molecule has 1 fully saturated rings. The molecule has 13 heteroatoms. The summed E-state index contributed by atoms with van der Waals surface area (Å²) in [7, 11) is 0. The Morgan fingerprint density at radius 2 is 1.76 bits per heavy atom. The lowest BCUT2D eigenvalue weighted by molar-refractivity contribution is -0.140. The summed E-state index contributed by atoms with van der Waals surface area (Å²) in [5.74, 6) is -1.36. The van der Waals surface area contributed by atoms with Crippen molar-refractivity contribution in [3.63, 3.8) is 0 Å². The highest BCUT2D eigenvalue weighted by molar-refractivity contribution is 7.13. The van der Waals surface area contributed by atoms with Gasteiger partial charge in [-0.1, -0.05) is 55.5 Å². The number of amides is 2. The van der Waals surface area contributed by atoms with Crippen molar-refractivity contribution in [2.45, 2.75) is 58.2 Å². The van der Waals surface area contributed by atoms with E-state index in [2.05, 4.69) is 30.8 Å². The van der Waals surface area contributed by atoms with Crippen molar-refractivity contribution >= 4 is 34.1 Å². The van der Waals surface area contributed by atoms with E-state index in [9.17, 15) is 19.8 Å². The highest BCUT2D eigenvalue weighted by Gasteiger charge is 2.43. The van der Waals surface area contributed by atoms with Gasteiger partial charge in [-0.3, -0.25) is 9.59 Å². The van der Waals surface area contributed by atoms with Crippen LogP contribution >= 0.6 is 11.3 Å². The van der Waals surface area contributed by atoms with Gasteiger partial charge in [0, 0.05) is 23.9 Å². The number of aryl methyl sites for hydroxylation is 1. The Balaban J connectivity index is 1.08. The maximum absolute atomic E-state index is 14.2. The third-order valence-electron chi connectivity index (χ3n) is 9.42. The summed E-state index contributed by atoms with van der Waals surface area (Å²) in [6, 6.07) is 21.2. The maximum Gasteiger partial charge on any atom is 0.243 e. The molecule has 3 aromatic carbocycles. The number of aliphatic hydroxyl groups is 1. The molecule has 12 nitrogen and oxygen atoms in total. The third kappa shape index (κ3) is 6.82. The van der Waals surface area contributed by atoms with Crippen LogP contribution in [0.5, 0.6) is 5.75 Å². The van der Waals surface area contributed by atoms with Crippen LogP contribution in [-0.4, -0.2) is 75.8 Å². The number of aromatic hydroxyl groups is 1. The number of β-amino-alcohol motifs (C(OH)–C–C–N with tert-alkyl or cyclic N) is 1. The predicted octanol–water partition coefficient (Wildman–Crippen LogP) is 5.59. The number of phenolic OH excluding ortho intramolecular Hbond substituents is 1. The number of nitrogens with zero attached hydrogens (tertiary/aromatic N) is 7. The molecule has 0 spiro atoms. The first-order chi connectivity index (χ1) is 24.6. The van der Waals surface area contributed by atoms with Gasteiger partial charge in [-0.25, -0.2) is 9.67 Å². The second-order valence-electron chi connectivity index (χ2n) is 13.3. The maximum atomic E-state index is 14.2. The lowest BCUT2D eigenvalue weighted by Gasteiger charge is -2.29. The Labute approximate surface area is 298 Å². The number of thiazole rings is 1. The van der Waals surface area contributed by atoms with Gasteiger partial charge in [0.25, 0.3) is 0 Å². The Bertz CT molecular complexity index is 2220. The minimum absolute atomic E-state index is 0.0522. The fourth-order valence-electron chi connectivity index (χ4n) is 6.68. The van der Waals surface area contributed by atoms with Gasteiger partial charge < -0.3 is 20.4 Å². The topological polar surface area (TPSA) is 159 Å². The molecule has 7 rings (SSSR count). The molecule has 1 saturated heterocycles. The number of likely N-dealkylation sites (tertiary alicyclic amines) is 1. The van der Waals surface area contributed by atoms with E-state index in [-0.39, 0.29) is 42.5 Å². The Hall–Kier alpha value is -5.53. The normalized spacial score (nSPS) is 17.2. The minimum atomic E-state index is -0.829. The fourth-order valence-corrected chi connectivity index (χ4v) is 7.49. The minimum Gasteiger partial charge on any atom is -0.507 e. The van der Waals surface area contributed by atoms with Crippen LogP contribution in [0.3, 0.4) is 0 Å². The number of benzene rings is 3. The van der Waals surface area contributed by atoms with Gasteiger partial charge in [0.2, 0.25) is 11.8 Å². The fraction of sp³-hybridized carbons (Fsp3) is 0.289. The van der Waals surface area contributed by atoms with Crippen LogP contribution in [-0.2, 0) is 9.59 Å². The Kier molecular flexibility index (Phi) is 9.32. The second kappa shape index (κ2) is 14.0. The number of phenols is 1. The molecular weight excluding hydrogens is 665 g/mol. The largest absolute Gasteiger partial charge is 0.507 e. The van der Waals surface area contributed by atoms with Crippen LogP contribution in [0.15, 0.2) is 84.5 Å². The summed E-state index contributed by atoms with van der Waals surface area (Å²) >= 11 is 1.59. The number of rotatable bonds is 9. The van der Waals surface area contributed by atoms with Crippen molar-refractivity contribution in [3.05, 3.63) is 101 Å². The van der Waals surface area contributed by atoms with Gasteiger partial charge in [0.1, 0.15) is 11.8 Å². The molecule has 1 unspecified atom stereocenters. The molecule has 1 aliphatic rings. The molecule has 3 aromatic heterocycles. The van der Waals surface area contributed by atoms with Crippen LogP contribution in [0.1, 0.15) is 56.1 Å². The standard InChI is InChI=1S/C38H38N8O4S/c1-21(2)35(32-19-46(44-43-32)27-13-14-30-26(15-27)16-31(42-41-30)29-7-5-6-8-34(29)48)38(50)45-18-28(47)17-33(45)37(49)40-22(3)24-9-11-25(12-10-24)36-23(4)39-20-51-36/h5-16,19-22,28,33,35,47-48H,17-18H2,1-4H3,(H,40,49)/t22-,28+,33-,35?/m0/s1. The average molecular weight is 703 g/mol. The van der Waals surface area contributed by atoms with Crippen molar-refractivity contribution in [1.82, 2.24) is 40.4 Å². The molecule has 1 aliphatic heterocycles. The van der Waals surface area contributed by atoms with Crippen molar-refractivity contribution in [1.29, 1.82) is 0 Å². The summed E-state index contributed by atoms with van der Waals surface area (Å²) in [6.45, 7) is 7.80. The first-order valence-corrected chi connectivity index (χ1v) is 17.7. The number of hydrogen-bond donors (Lipinski definition) is 3. The zero-order valence-corrected chi connectivity index (χ0v) is 29.5. The van der Waals surface area contributed by atoms with Crippen molar-refractivity contribution < 1.29 is 19.8 Å². The van der Waals surface area contributed by atoms with Crippen LogP contribution in [0.4, 0.5) is 0 Å². The number of para-hydroxylation sites is 1. The van der Waals surface area contributed by atoms with Gasteiger partial charge in [-0.05, 0) is 67.3 Å². The first kappa shape index (κ1) is 33.9. The van der Waals surface area contributed by atoms with E-state index < -0.39 is 18.1 Å². The third-order valence-corrected chi connectivity index (χ3v) is 10.4. The van der Waals surface area contributed by atoms with Crippen LogP contribution in [0, 0.1) is 12.8 Å². The number of aliphatic hydroxyl groups excluding tert-OH is 1. The lowest BCUT2D eigenvalue weighted by Crippen LogP contribution is -2.48. The Morgan fingerprint density at radius 1 is 0.980 bits per heavy atom. The van der Waals surface area contributed by atoms with Crippen LogP contribution in [0.25, 0.3) is 38.3 Å². The molecule has 4 heterocycles. The van der Waals surface area contributed by atoms with Gasteiger partial charge >= 0.3 is 0 Å². The highest BCUT2D eigenvalue weighted by Crippen LogP contribution is 2.33. The van der Waals surface area contributed by atoms with E-state index in [4.69, 9.17) is 0 Å². The first-order valence-electron chi connectivity index (χ1n) is 16.8. The number of fused-ring (bicyclic) bond motifs is 1. The van der Waals surface area contributed by atoms with Gasteiger partial charge in [0.15, 0.2) is 0 Å². The smallest absolute Gasteiger partial charge is 0.243 e. The summed E-state index contributed by atoms with van der Waals surface area (Å²) in [5.41, 5.74) is 7.73. The molecule has 0 saturated carbocycles. The quantitative estimate of drug-likeness (QED) is 0.175. The molecule has 51 heavy (non-hydrogen) atoms. The molecule has 6 aromatic rings. The molecule has 3 N–H and O–H groups in total. The van der Waals surface area contributed by atoms with E-state index in [1.54, 1.807) is 40.4 Å². The zero-order chi connectivity index (χ0) is 35.8. The van der Waals surface area contributed by atoms with Crippen molar-refractivity contribution in [2.75, 3.05) is 6.54 Å². The van der Waals surface area contributed by atoms with E-state index in [0.29, 0.717) is 28.2 Å². The predicted molar refractivity (Wildman–Crippen MR) is 194 cm³/mol. The SMILES string of the molecule is Cc1ncsc1-c1ccc([C@H](C)NC(=O)[C@@H]2C[C@@H](O)CN2C(=O)C(c2cn(-c3ccc4nnc(-c5ccccc5O)cc4c3)nn2)C(C)C)cc1. The summed E-state index contributed by atoms with van der Waals surface area (Å²) in [5, 5.41) is 42.2. The summed E-state index contributed by atoms with van der Waals surface area (Å²) < 4.78 is 1.60. The molecule has 4 atom stereocenters. The molecular formula is C38H38N8O4S. The summed E-state index contributed by atoms with van der Waals surface area (Å²) in [6.07, 6.45) is 1.05. The highest BCUT2D eigenvalue weighted by atomic mass is 32.1. The number of nitrogens with one attached hydrogen (secondary N) is 1. The molecule has 2 amide bonds. The average Bonchev–Trinajstić information content (AvgIpc) is 3.88. The number of hydrogen-bond acceptors (Lipinski definition) is 10. The Morgan fingerprint density at radius 3 is 2.49 bits per heavy atom. The molecule has 0 aliphatic carbocycles. The molecule has 0 radical (unpaired) electrons.